The largest absolute Gasteiger partial charge is 0.434 e. The summed E-state index contributed by atoms with van der Waals surface area (Å²) in [6.07, 6.45) is 0. The average molecular weight is 363 g/mol. The summed E-state index contributed by atoms with van der Waals surface area (Å²) in [5.74, 6) is 0.191. The average Bonchev–Trinajstić information content (AvgIpc) is 2.78. The number of alkyl halides is 2. The van der Waals surface area contributed by atoms with Gasteiger partial charge < -0.3 is 10.1 Å². The van der Waals surface area contributed by atoms with Gasteiger partial charge in [0.25, 0.3) is 0 Å². The van der Waals surface area contributed by atoms with Gasteiger partial charge in [-0.05, 0) is 25.1 Å². The number of nitrogens with zero attached hydrogens (tertiary/aromatic N) is 1. The van der Waals surface area contributed by atoms with Crippen LogP contribution in [0.5, 0.6) is 5.75 Å². The molecule has 0 unspecified atom stereocenters. The van der Waals surface area contributed by atoms with E-state index in [9.17, 15) is 8.78 Å². The molecule has 1 heterocycles. The maximum absolute atomic E-state index is 12.3. The molecule has 0 bridgehead atoms. The van der Waals surface area contributed by atoms with Crippen molar-refractivity contribution in [1.29, 1.82) is 0 Å². The Morgan fingerprint density at radius 1 is 1.40 bits per heavy atom. The standard InChI is InChI=1S/C13H13BrF2N2OS/c1-8-12(20-7-18-8)6-17-5-9-4-10(14)2-3-11(9)19-13(15)16/h2-4,7,13,17H,5-6H2,1H3. The highest BCUT2D eigenvalue weighted by Crippen LogP contribution is 2.25. The molecule has 0 amide bonds. The molecule has 0 aliphatic carbocycles. The molecular weight excluding hydrogens is 350 g/mol. The smallest absolute Gasteiger partial charge is 0.387 e. The highest BCUT2D eigenvalue weighted by Gasteiger charge is 2.10. The van der Waals surface area contributed by atoms with Gasteiger partial charge in [-0.2, -0.15) is 8.78 Å². The first kappa shape index (κ1) is 15.3. The SMILES string of the molecule is Cc1ncsc1CNCc1cc(Br)ccc1OC(F)F. The lowest BCUT2D eigenvalue weighted by Crippen LogP contribution is -2.14. The van der Waals surface area contributed by atoms with E-state index in [-0.39, 0.29) is 5.75 Å². The van der Waals surface area contributed by atoms with Gasteiger partial charge in [-0.25, -0.2) is 4.98 Å². The minimum absolute atomic E-state index is 0.191. The molecule has 0 aliphatic heterocycles. The first-order valence-corrected chi connectivity index (χ1v) is 7.56. The molecule has 2 rings (SSSR count). The number of hydrogen-bond donors (Lipinski definition) is 1. The minimum Gasteiger partial charge on any atom is -0.434 e. The van der Waals surface area contributed by atoms with Crippen LogP contribution in [0, 0.1) is 6.92 Å². The zero-order chi connectivity index (χ0) is 14.5. The van der Waals surface area contributed by atoms with Crippen LogP contribution in [-0.2, 0) is 13.1 Å². The van der Waals surface area contributed by atoms with Crippen molar-refractivity contribution in [2.45, 2.75) is 26.6 Å². The molecule has 0 aliphatic rings. The number of halogens is 3. The number of nitrogens with one attached hydrogen (secondary N) is 1. The number of benzene rings is 1. The van der Waals surface area contributed by atoms with Gasteiger partial charge in [0, 0.05) is 28.0 Å². The van der Waals surface area contributed by atoms with Gasteiger partial charge in [0.1, 0.15) is 5.75 Å². The first-order chi connectivity index (χ1) is 9.56. The normalized spacial score (nSPS) is 11.1. The molecule has 0 atom stereocenters. The van der Waals surface area contributed by atoms with Crippen LogP contribution in [0.15, 0.2) is 28.2 Å². The lowest BCUT2D eigenvalue weighted by atomic mass is 10.2. The molecule has 0 saturated heterocycles. The zero-order valence-electron chi connectivity index (χ0n) is 10.7. The number of hydrogen-bond acceptors (Lipinski definition) is 4. The van der Waals surface area contributed by atoms with Crippen LogP contribution in [0.2, 0.25) is 0 Å². The predicted octanol–water partition coefficient (Wildman–Crippen LogP) is 4.11. The zero-order valence-corrected chi connectivity index (χ0v) is 13.1. The Morgan fingerprint density at radius 2 is 2.20 bits per heavy atom. The van der Waals surface area contributed by atoms with E-state index in [4.69, 9.17) is 0 Å². The maximum atomic E-state index is 12.3. The monoisotopic (exact) mass is 362 g/mol. The highest BCUT2D eigenvalue weighted by atomic mass is 79.9. The van der Waals surface area contributed by atoms with E-state index in [1.54, 1.807) is 29.0 Å². The van der Waals surface area contributed by atoms with Crippen LogP contribution < -0.4 is 10.1 Å². The molecule has 1 N–H and O–H groups in total. The summed E-state index contributed by atoms with van der Waals surface area (Å²) < 4.78 is 30.0. The highest BCUT2D eigenvalue weighted by molar-refractivity contribution is 9.10. The van der Waals surface area contributed by atoms with Crippen molar-refractivity contribution in [3.63, 3.8) is 0 Å². The Labute approximate surface area is 128 Å². The Balaban J connectivity index is 2.01. The van der Waals surface area contributed by atoms with Gasteiger partial charge in [0.05, 0.1) is 11.2 Å². The van der Waals surface area contributed by atoms with Crippen molar-refractivity contribution in [1.82, 2.24) is 10.3 Å². The molecule has 108 valence electrons. The first-order valence-electron chi connectivity index (χ1n) is 5.89. The molecule has 0 fully saturated rings. The molecule has 2 aromatic rings. The van der Waals surface area contributed by atoms with Crippen LogP contribution in [0.25, 0.3) is 0 Å². The second kappa shape index (κ2) is 7.10. The van der Waals surface area contributed by atoms with E-state index in [1.165, 1.54) is 6.07 Å². The quantitative estimate of drug-likeness (QED) is 0.839. The minimum atomic E-state index is -2.82. The van der Waals surface area contributed by atoms with Crippen LogP contribution in [0.1, 0.15) is 16.1 Å². The summed E-state index contributed by atoms with van der Waals surface area (Å²) in [6.45, 7) is 0.215. The fraction of sp³-hybridized carbons (Fsp3) is 0.308. The van der Waals surface area contributed by atoms with Gasteiger partial charge in [0.15, 0.2) is 0 Å². The third-order valence-corrected chi connectivity index (χ3v) is 4.11. The van der Waals surface area contributed by atoms with E-state index in [1.807, 2.05) is 6.92 Å². The number of ether oxygens (including phenoxy) is 1. The molecule has 1 aromatic carbocycles. The third-order valence-electron chi connectivity index (χ3n) is 2.68. The fourth-order valence-electron chi connectivity index (χ4n) is 1.70. The van der Waals surface area contributed by atoms with Crippen molar-refractivity contribution >= 4 is 27.3 Å². The lowest BCUT2D eigenvalue weighted by molar-refractivity contribution is -0.0505. The summed E-state index contributed by atoms with van der Waals surface area (Å²) in [4.78, 5) is 5.30. The molecule has 20 heavy (non-hydrogen) atoms. The summed E-state index contributed by atoms with van der Waals surface area (Å²) in [7, 11) is 0. The van der Waals surface area contributed by atoms with Crippen molar-refractivity contribution in [2.24, 2.45) is 0 Å². The Kier molecular flexibility index (Phi) is 5.45. The van der Waals surface area contributed by atoms with Crippen LogP contribution in [-0.4, -0.2) is 11.6 Å². The summed E-state index contributed by atoms with van der Waals surface area (Å²) in [6, 6.07) is 4.98. The van der Waals surface area contributed by atoms with Crippen LogP contribution >= 0.6 is 27.3 Å². The molecule has 7 heteroatoms. The van der Waals surface area contributed by atoms with Crippen LogP contribution in [0.3, 0.4) is 0 Å². The Bertz CT molecular complexity index is 577. The number of rotatable bonds is 6. The van der Waals surface area contributed by atoms with Crippen molar-refractivity contribution < 1.29 is 13.5 Å². The molecule has 0 saturated carbocycles. The fourth-order valence-corrected chi connectivity index (χ4v) is 2.86. The number of aromatic nitrogens is 1. The van der Waals surface area contributed by atoms with E-state index in [2.05, 4.69) is 31.0 Å². The second-order valence-corrected chi connectivity index (χ2v) is 5.95. The maximum Gasteiger partial charge on any atom is 0.387 e. The Morgan fingerprint density at radius 3 is 2.85 bits per heavy atom. The van der Waals surface area contributed by atoms with E-state index in [0.29, 0.717) is 18.7 Å². The van der Waals surface area contributed by atoms with E-state index < -0.39 is 6.61 Å². The van der Waals surface area contributed by atoms with Crippen molar-refractivity contribution in [3.05, 3.63) is 44.3 Å². The number of aryl methyl sites for hydroxylation is 1. The van der Waals surface area contributed by atoms with Crippen molar-refractivity contribution in [3.8, 4) is 5.75 Å². The molecule has 0 spiro atoms. The topological polar surface area (TPSA) is 34.2 Å². The molecule has 3 nitrogen and oxygen atoms in total. The molecule has 1 aromatic heterocycles. The van der Waals surface area contributed by atoms with E-state index in [0.717, 1.165) is 15.0 Å². The summed E-state index contributed by atoms with van der Waals surface area (Å²) >= 11 is 4.89. The van der Waals surface area contributed by atoms with E-state index >= 15 is 0 Å². The van der Waals surface area contributed by atoms with Crippen molar-refractivity contribution in [2.75, 3.05) is 0 Å². The lowest BCUT2D eigenvalue weighted by Gasteiger charge is -2.12. The second-order valence-electron chi connectivity index (χ2n) is 4.10. The van der Waals surface area contributed by atoms with Gasteiger partial charge in [-0.1, -0.05) is 15.9 Å². The van der Waals surface area contributed by atoms with Gasteiger partial charge in [0.2, 0.25) is 0 Å². The third kappa shape index (κ3) is 4.22. The van der Waals surface area contributed by atoms with Gasteiger partial charge in [-0.15, -0.1) is 11.3 Å². The Hall–Kier alpha value is -1.05. The molecular formula is C13H13BrF2N2OS. The van der Waals surface area contributed by atoms with Gasteiger partial charge >= 0.3 is 6.61 Å². The van der Waals surface area contributed by atoms with Gasteiger partial charge in [-0.3, -0.25) is 0 Å². The number of thiazole rings is 1. The summed E-state index contributed by atoms with van der Waals surface area (Å²) in [5, 5.41) is 3.21. The van der Waals surface area contributed by atoms with Crippen LogP contribution in [0.4, 0.5) is 8.78 Å². The predicted molar refractivity (Wildman–Crippen MR) is 78.2 cm³/mol. The summed E-state index contributed by atoms with van der Waals surface area (Å²) in [5.41, 5.74) is 3.46. The molecule has 0 radical (unpaired) electrons.